The van der Waals surface area contributed by atoms with Crippen LogP contribution in [0, 0.1) is 11.8 Å². The maximum atomic E-state index is 14.9. The summed E-state index contributed by atoms with van der Waals surface area (Å²) >= 11 is 1.00. The van der Waals surface area contributed by atoms with E-state index in [4.69, 9.17) is 4.74 Å². The van der Waals surface area contributed by atoms with Gasteiger partial charge in [-0.25, -0.2) is 9.18 Å². The van der Waals surface area contributed by atoms with Crippen molar-refractivity contribution in [3.63, 3.8) is 0 Å². The molecule has 0 amide bonds. The van der Waals surface area contributed by atoms with Crippen LogP contribution in [0.4, 0.5) is 4.39 Å². The first kappa shape index (κ1) is 19.7. The predicted molar refractivity (Wildman–Crippen MR) is 95.2 cm³/mol. The molecule has 154 valence electrons. The molecule has 0 radical (unpaired) electrons. The summed E-state index contributed by atoms with van der Waals surface area (Å²) in [6, 6.07) is -0.757. The normalized spacial score (nSPS) is 42.3. The van der Waals surface area contributed by atoms with Crippen LogP contribution in [0.2, 0.25) is 0 Å². The number of Topliss-reactive ketones (excluding diaryl/α,β-unsaturated/α-hetero) is 1. The summed E-state index contributed by atoms with van der Waals surface area (Å²) in [4.78, 5) is 37.6. The molecule has 1 saturated heterocycles. The van der Waals surface area contributed by atoms with Gasteiger partial charge in [0.25, 0.3) is 0 Å². The highest BCUT2D eigenvalue weighted by Crippen LogP contribution is 2.48. The van der Waals surface area contributed by atoms with Crippen molar-refractivity contribution in [3.8, 4) is 0 Å². The first-order valence-corrected chi connectivity index (χ1v) is 10.4. The number of carbonyl (C=O) groups is 3. The zero-order chi connectivity index (χ0) is 20.2. The Morgan fingerprint density at radius 2 is 2.04 bits per heavy atom. The van der Waals surface area contributed by atoms with Crippen molar-refractivity contribution in [2.75, 3.05) is 5.94 Å². The topological polar surface area (TPSA) is 124 Å². The van der Waals surface area contributed by atoms with Crippen molar-refractivity contribution in [2.24, 2.45) is 11.8 Å². The Morgan fingerprint density at radius 1 is 1.29 bits per heavy atom. The summed E-state index contributed by atoms with van der Waals surface area (Å²) in [7, 11) is 0. The van der Waals surface area contributed by atoms with E-state index in [-0.39, 0.29) is 30.4 Å². The molecule has 8 unspecified atom stereocenters. The Labute approximate surface area is 164 Å². The number of fused-ring (bicyclic) bond motifs is 2. The number of ether oxygens (including phenoxy) is 1. The number of carbonyl (C=O) groups excluding carboxylic acids is 1. The van der Waals surface area contributed by atoms with E-state index >= 15 is 0 Å². The van der Waals surface area contributed by atoms with Gasteiger partial charge in [0.15, 0.2) is 5.78 Å². The van der Waals surface area contributed by atoms with Crippen LogP contribution in [0.3, 0.4) is 0 Å². The maximum Gasteiger partial charge on any atom is 0.340 e. The predicted octanol–water partition coefficient (Wildman–Crippen LogP) is 0.638. The van der Waals surface area contributed by atoms with Crippen LogP contribution in [0.5, 0.6) is 0 Å². The van der Waals surface area contributed by atoms with Crippen LogP contribution < -0.4 is 0 Å². The van der Waals surface area contributed by atoms with Gasteiger partial charge in [0.05, 0.1) is 41.4 Å². The Bertz CT molecular complexity index is 731. The summed E-state index contributed by atoms with van der Waals surface area (Å²) in [5.41, 5.74) is -0.360. The number of hydrogen-bond donors (Lipinski definition) is 3. The number of aliphatic hydroxyl groups excluding tert-OH is 1. The Hall–Kier alpha value is -1.65. The zero-order valence-electron chi connectivity index (χ0n) is 14.9. The third kappa shape index (κ3) is 3.02. The fourth-order valence-electron chi connectivity index (χ4n) is 5.23. The van der Waals surface area contributed by atoms with E-state index in [1.807, 2.05) is 4.90 Å². The summed E-state index contributed by atoms with van der Waals surface area (Å²) < 4.78 is 21.1. The smallest absolute Gasteiger partial charge is 0.340 e. The lowest BCUT2D eigenvalue weighted by molar-refractivity contribution is -0.192. The average Bonchev–Trinajstić information content (AvgIpc) is 2.65. The standard InChI is InChI=1S/C18H22FNO7S/c19-10-4-8-13-15(16(10)28-6-21)27-12-3-7(17(23)24)1-2-11(12)20(13)5-9(14(8)22)18(25)26/h5,7-8,10-13,15-16,21H,1-4,6H2,(H,23,24)(H,25,26). The third-order valence-corrected chi connectivity index (χ3v) is 7.55. The number of ketones is 1. The molecule has 4 aliphatic rings. The number of carboxylic acid groups (broad SMARTS) is 2. The number of carboxylic acids is 2. The molecule has 2 heterocycles. The highest BCUT2D eigenvalue weighted by molar-refractivity contribution is 7.99. The monoisotopic (exact) mass is 415 g/mol. The number of nitrogens with zero attached hydrogens (tertiary/aromatic N) is 1. The van der Waals surface area contributed by atoms with Gasteiger partial charge in [-0.3, -0.25) is 9.59 Å². The SMILES string of the molecule is O=C(O)C1=CN2C3CCC(C(=O)O)CC3OC3C(SCO)C(F)CC(C1=O)C32. The lowest BCUT2D eigenvalue weighted by Gasteiger charge is -2.59. The van der Waals surface area contributed by atoms with Gasteiger partial charge in [-0.1, -0.05) is 0 Å². The van der Waals surface area contributed by atoms with Gasteiger partial charge in [0, 0.05) is 12.1 Å². The molecule has 4 rings (SSSR count). The number of thioether (sulfide) groups is 1. The molecule has 0 aromatic rings. The zero-order valence-corrected chi connectivity index (χ0v) is 15.8. The second kappa shape index (κ2) is 7.31. The number of morpholine rings is 1. The molecule has 0 spiro atoms. The van der Waals surface area contributed by atoms with E-state index in [0.717, 1.165) is 11.8 Å². The van der Waals surface area contributed by atoms with Gasteiger partial charge in [-0.15, -0.1) is 11.8 Å². The van der Waals surface area contributed by atoms with Crippen LogP contribution in [0.15, 0.2) is 11.8 Å². The second-order valence-corrected chi connectivity index (χ2v) is 8.96. The number of rotatable bonds is 4. The van der Waals surface area contributed by atoms with Crippen LogP contribution in [0.1, 0.15) is 25.7 Å². The molecule has 8 nitrogen and oxygen atoms in total. The minimum absolute atomic E-state index is 0.114. The van der Waals surface area contributed by atoms with Crippen molar-refractivity contribution in [1.29, 1.82) is 0 Å². The van der Waals surface area contributed by atoms with E-state index in [1.165, 1.54) is 6.20 Å². The molecule has 2 aliphatic heterocycles. The van der Waals surface area contributed by atoms with Crippen molar-refractivity contribution < 1.29 is 38.8 Å². The summed E-state index contributed by atoms with van der Waals surface area (Å²) in [6.07, 6.45) is -0.246. The molecule has 8 atom stereocenters. The first-order valence-electron chi connectivity index (χ1n) is 9.35. The molecule has 3 fully saturated rings. The van der Waals surface area contributed by atoms with E-state index in [0.29, 0.717) is 12.8 Å². The molecule has 3 N–H and O–H groups in total. The molecular weight excluding hydrogens is 393 g/mol. The molecule has 0 aromatic carbocycles. The van der Waals surface area contributed by atoms with Crippen LogP contribution in [0.25, 0.3) is 0 Å². The van der Waals surface area contributed by atoms with E-state index < -0.39 is 59.2 Å². The molecule has 2 saturated carbocycles. The molecule has 0 bridgehead atoms. The molecule has 10 heteroatoms. The molecule has 28 heavy (non-hydrogen) atoms. The van der Waals surface area contributed by atoms with Crippen molar-refractivity contribution >= 4 is 29.5 Å². The highest BCUT2D eigenvalue weighted by Gasteiger charge is 2.59. The summed E-state index contributed by atoms with van der Waals surface area (Å²) in [5.74, 6) is -4.55. The minimum Gasteiger partial charge on any atom is -0.481 e. The fourth-order valence-corrected chi connectivity index (χ4v) is 6.14. The number of aliphatic carboxylic acids is 2. The minimum atomic E-state index is -1.43. The maximum absolute atomic E-state index is 14.9. The quantitative estimate of drug-likeness (QED) is 0.448. The van der Waals surface area contributed by atoms with Crippen molar-refractivity contribution in [3.05, 3.63) is 11.8 Å². The Balaban J connectivity index is 1.74. The number of halogens is 1. The average molecular weight is 415 g/mol. The summed E-state index contributed by atoms with van der Waals surface area (Å²) in [5, 5.41) is 27.5. The second-order valence-electron chi connectivity index (χ2n) is 7.82. The highest BCUT2D eigenvalue weighted by atomic mass is 32.2. The molecule has 2 aliphatic carbocycles. The molecular formula is C18H22FNO7S. The first-order chi connectivity index (χ1) is 13.3. The number of alkyl halides is 1. The van der Waals surface area contributed by atoms with Crippen molar-refractivity contribution in [1.82, 2.24) is 4.90 Å². The van der Waals surface area contributed by atoms with E-state index in [9.17, 15) is 34.1 Å². The number of aliphatic hydroxyl groups is 1. The van der Waals surface area contributed by atoms with Gasteiger partial charge in [0.2, 0.25) is 0 Å². The van der Waals surface area contributed by atoms with Crippen LogP contribution >= 0.6 is 11.8 Å². The van der Waals surface area contributed by atoms with Gasteiger partial charge in [0.1, 0.15) is 11.7 Å². The van der Waals surface area contributed by atoms with Crippen LogP contribution in [-0.2, 0) is 19.1 Å². The fraction of sp³-hybridized carbons (Fsp3) is 0.722. The van der Waals surface area contributed by atoms with Gasteiger partial charge < -0.3 is 25.0 Å². The largest absolute Gasteiger partial charge is 0.481 e. The van der Waals surface area contributed by atoms with E-state index in [2.05, 4.69) is 0 Å². The lowest BCUT2D eigenvalue weighted by Crippen LogP contribution is -2.70. The van der Waals surface area contributed by atoms with Crippen LogP contribution in [-0.4, -0.2) is 79.6 Å². The molecule has 0 aromatic heterocycles. The van der Waals surface area contributed by atoms with E-state index in [1.54, 1.807) is 0 Å². The summed E-state index contributed by atoms with van der Waals surface area (Å²) in [6.45, 7) is 0. The lowest BCUT2D eigenvalue weighted by atomic mass is 9.70. The third-order valence-electron chi connectivity index (χ3n) is 6.45. The van der Waals surface area contributed by atoms with Crippen molar-refractivity contribution in [2.45, 2.75) is 61.4 Å². The van der Waals surface area contributed by atoms with Gasteiger partial charge in [-0.2, -0.15) is 0 Å². The Kier molecular flexibility index (Phi) is 5.13. The Morgan fingerprint density at radius 3 is 2.68 bits per heavy atom. The van der Waals surface area contributed by atoms with Gasteiger partial charge in [-0.05, 0) is 25.7 Å². The van der Waals surface area contributed by atoms with Gasteiger partial charge >= 0.3 is 11.9 Å². The number of hydrogen-bond acceptors (Lipinski definition) is 7.